The lowest BCUT2D eigenvalue weighted by Crippen LogP contribution is -2.41. The number of ether oxygens (including phenoxy) is 1. The van der Waals surface area contributed by atoms with Crippen molar-refractivity contribution >= 4 is 28.8 Å². The Morgan fingerprint density at radius 3 is 2.70 bits per heavy atom. The lowest BCUT2D eigenvalue weighted by atomic mass is 10.1. The molecule has 1 fully saturated rings. The van der Waals surface area contributed by atoms with Crippen LogP contribution in [0.3, 0.4) is 0 Å². The molecule has 3 heterocycles. The molecule has 0 unspecified atom stereocenters. The second-order valence-corrected chi connectivity index (χ2v) is 6.78. The molecule has 1 N–H and O–H groups in total. The first kappa shape index (κ1) is 17.4. The number of aromatic nitrogens is 1. The van der Waals surface area contributed by atoms with E-state index in [-0.39, 0.29) is 17.5 Å². The average molecular weight is 383 g/mol. The molecule has 7 nitrogen and oxygen atoms in total. The number of nitrogens with zero attached hydrogens (tertiary/aromatic N) is 2. The fraction of sp³-hybridized carbons (Fsp3) is 0.211. The van der Waals surface area contributed by atoms with Crippen molar-refractivity contribution in [3.8, 4) is 10.8 Å². The number of morpholine rings is 1. The van der Waals surface area contributed by atoms with E-state index in [4.69, 9.17) is 9.15 Å². The molecular weight excluding hydrogens is 366 g/mol. The second kappa shape index (κ2) is 7.73. The summed E-state index contributed by atoms with van der Waals surface area (Å²) >= 11 is 1.32. The Balaban J connectivity index is 1.52. The highest BCUT2D eigenvalue weighted by molar-refractivity contribution is 7.13. The summed E-state index contributed by atoms with van der Waals surface area (Å²) in [5.74, 6) is 0.122. The predicted octanol–water partition coefficient (Wildman–Crippen LogP) is 3.13. The van der Waals surface area contributed by atoms with Crippen LogP contribution in [-0.4, -0.2) is 48.0 Å². The van der Waals surface area contributed by atoms with Crippen molar-refractivity contribution in [2.75, 3.05) is 31.6 Å². The van der Waals surface area contributed by atoms with Gasteiger partial charge in [-0.05, 0) is 24.3 Å². The third-order valence-electron chi connectivity index (χ3n) is 4.17. The molecule has 27 heavy (non-hydrogen) atoms. The monoisotopic (exact) mass is 383 g/mol. The molecule has 0 saturated carbocycles. The number of para-hydroxylation sites is 1. The van der Waals surface area contributed by atoms with E-state index in [2.05, 4.69) is 10.3 Å². The van der Waals surface area contributed by atoms with Gasteiger partial charge in [0.1, 0.15) is 5.69 Å². The van der Waals surface area contributed by atoms with E-state index in [0.29, 0.717) is 48.3 Å². The largest absolute Gasteiger partial charge is 0.462 e. The number of benzene rings is 1. The Morgan fingerprint density at radius 1 is 1.11 bits per heavy atom. The third-order valence-corrected chi connectivity index (χ3v) is 5.03. The van der Waals surface area contributed by atoms with Crippen LogP contribution >= 0.6 is 11.3 Å². The normalized spacial score (nSPS) is 14.1. The van der Waals surface area contributed by atoms with Crippen LogP contribution in [0, 0.1) is 0 Å². The standard InChI is InChI=1S/C19H17N3O4S/c23-17(15-12-27-18(21-15)16-6-3-9-26-16)20-14-5-2-1-4-13(14)19(24)22-7-10-25-11-8-22/h1-6,9,12H,7-8,10-11H2,(H,20,23). The summed E-state index contributed by atoms with van der Waals surface area (Å²) < 4.78 is 10.6. The average Bonchev–Trinajstić information content (AvgIpc) is 3.40. The van der Waals surface area contributed by atoms with Gasteiger partial charge in [0.25, 0.3) is 11.8 Å². The molecule has 0 atom stereocenters. The Morgan fingerprint density at radius 2 is 1.93 bits per heavy atom. The summed E-state index contributed by atoms with van der Waals surface area (Å²) in [6, 6.07) is 10.5. The summed E-state index contributed by atoms with van der Waals surface area (Å²) in [6.45, 7) is 2.13. The Hall–Kier alpha value is -2.97. The van der Waals surface area contributed by atoms with Gasteiger partial charge in [-0.25, -0.2) is 4.98 Å². The van der Waals surface area contributed by atoms with Crippen LogP contribution in [0.1, 0.15) is 20.8 Å². The molecule has 1 saturated heterocycles. The van der Waals surface area contributed by atoms with Gasteiger partial charge in [-0.2, -0.15) is 0 Å². The van der Waals surface area contributed by atoms with E-state index >= 15 is 0 Å². The maximum atomic E-state index is 12.8. The number of thiazole rings is 1. The maximum absolute atomic E-state index is 12.8. The summed E-state index contributed by atoms with van der Waals surface area (Å²) in [4.78, 5) is 31.4. The number of anilines is 1. The SMILES string of the molecule is O=C(Nc1ccccc1C(=O)N1CCOCC1)c1csc(-c2ccco2)n1. The molecule has 0 radical (unpaired) electrons. The Bertz CT molecular complexity index is 946. The van der Waals surface area contributed by atoms with Gasteiger partial charge in [0, 0.05) is 18.5 Å². The lowest BCUT2D eigenvalue weighted by molar-refractivity contribution is 0.0303. The molecule has 2 aromatic heterocycles. The van der Waals surface area contributed by atoms with Crippen molar-refractivity contribution in [3.05, 3.63) is 59.3 Å². The minimum absolute atomic E-state index is 0.122. The molecule has 1 aromatic carbocycles. The van der Waals surface area contributed by atoms with Gasteiger partial charge in [-0.15, -0.1) is 11.3 Å². The zero-order valence-corrected chi connectivity index (χ0v) is 15.2. The fourth-order valence-corrected chi connectivity index (χ4v) is 3.56. The van der Waals surface area contributed by atoms with Crippen molar-refractivity contribution in [1.29, 1.82) is 0 Å². The lowest BCUT2D eigenvalue weighted by Gasteiger charge is -2.27. The van der Waals surface area contributed by atoms with Crippen molar-refractivity contribution in [2.24, 2.45) is 0 Å². The van der Waals surface area contributed by atoms with E-state index in [0.717, 1.165) is 0 Å². The van der Waals surface area contributed by atoms with Crippen LogP contribution in [0.5, 0.6) is 0 Å². The first-order chi connectivity index (χ1) is 13.2. The van der Waals surface area contributed by atoms with Gasteiger partial charge in [0.05, 0.1) is 30.7 Å². The first-order valence-corrected chi connectivity index (χ1v) is 9.37. The number of carbonyl (C=O) groups is 2. The minimum Gasteiger partial charge on any atom is -0.462 e. The van der Waals surface area contributed by atoms with Crippen molar-refractivity contribution in [2.45, 2.75) is 0 Å². The number of hydrogen-bond acceptors (Lipinski definition) is 6. The maximum Gasteiger partial charge on any atom is 0.275 e. The van der Waals surface area contributed by atoms with Gasteiger partial charge >= 0.3 is 0 Å². The fourth-order valence-electron chi connectivity index (χ4n) is 2.79. The molecule has 0 bridgehead atoms. The van der Waals surface area contributed by atoms with E-state index in [1.54, 1.807) is 52.9 Å². The van der Waals surface area contributed by atoms with Crippen molar-refractivity contribution in [1.82, 2.24) is 9.88 Å². The molecule has 2 amide bonds. The van der Waals surface area contributed by atoms with Gasteiger partial charge in [-0.1, -0.05) is 12.1 Å². The van der Waals surface area contributed by atoms with Gasteiger partial charge < -0.3 is 19.4 Å². The second-order valence-electron chi connectivity index (χ2n) is 5.92. The summed E-state index contributed by atoms with van der Waals surface area (Å²) in [7, 11) is 0. The van der Waals surface area contributed by atoms with E-state index in [9.17, 15) is 9.59 Å². The van der Waals surface area contributed by atoms with Gasteiger partial charge in [0.2, 0.25) is 0 Å². The molecule has 0 aliphatic carbocycles. The van der Waals surface area contributed by atoms with Gasteiger partial charge in [-0.3, -0.25) is 9.59 Å². The smallest absolute Gasteiger partial charge is 0.275 e. The number of hydrogen-bond donors (Lipinski definition) is 1. The molecule has 138 valence electrons. The van der Waals surface area contributed by atoms with E-state index < -0.39 is 0 Å². The molecule has 1 aliphatic rings. The Labute approximate surface area is 159 Å². The van der Waals surface area contributed by atoms with Gasteiger partial charge in [0.15, 0.2) is 10.8 Å². The number of carbonyl (C=O) groups excluding carboxylic acids is 2. The highest BCUT2D eigenvalue weighted by Gasteiger charge is 2.22. The molecule has 3 aromatic rings. The van der Waals surface area contributed by atoms with Crippen LogP contribution in [0.4, 0.5) is 5.69 Å². The zero-order valence-electron chi connectivity index (χ0n) is 14.4. The van der Waals surface area contributed by atoms with E-state index in [1.165, 1.54) is 11.3 Å². The molecule has 1 aliphatic heterocycles. The van der Waals surface area contributed by atoms with E-state index in [1.807, 2.05) is 0 Å². The van der Waals surface area contributed by atoms with Crippen LogP contribution < -0.4 is 5.32 Å². The van der Waals surface area contributed by atoms with Crippen LogP contribution in [0.2, 0.25) is 0 Å². The topological polar surface area (TPSA) is 84.7 Å². The van der Waals surface area contributed by atoms with Crippen LogP contribution in [-0.2, 0) is 4.74 Å². The first-order valence-electron chi connectivity index (χ1n) is 8.49. The highest BCUT2D eigenvalue weighted by Crippen LogP contribution is 2.25. The summed E-state index contributed by atoms with van der Waals surface area (Å²) in [6.07, 6.45) is 1.56. The third kappa shape index (κ3) is 3.76. The molecule has 8 heteroatoms. The zero-order chi connectivity index (χ0) is 18.6. The quantitative estimate of drug-likeness (QED) is 0.748. The van der Waals surface area contributed by atoms with Crippen LogP contribution in [0.25, 0.3) is 10.8 Å². The number of nitrogens with one attached hydrogen (secondary N) is 1. The summed E-state index contributed by atoms with van der Waals surface area (Å²) in [5, 5.41) is 5.10. The highest BCUT2D eigenvalue weighted by atomic mass is 32.1. The molecule has 4 rings (SSSR count). The number of rotatable bonds is 4. The van der Waals surface area contributed by atoms with Crippen LogP contribution in [0.15, 0.2) is 52.5 Å². The number of furan rings is 1. The molecular formula is C19H17N3O4S. The molecule has 0 spiro atoms. The predicted molar refractivity (Wildman–Crippen MR) is 101 cm³/mol. The summed E-state index contributed by atoms with van der Waals surface area (Å²) in [5.41, 5.74) is 1.20. The minimum atomic E-state index is -0.369. The van der Waals surface area contributed by atoms with Crippen molar-refractivity contribution < 1.29 is 18.7 Å². The Kier molecular flexibility index (Phi) is 4.99. The van der Waals surface area contributed by atoms with Crippen molar-refractivity contribution in [3.63, 3.8) is 0 Å². The number of amides is 2.